The van der Waals surface area contributed by atoms with Crippen molar-refractivity contribution in [3.63, 3.8) is 0 Å². The molecule has 1 N–H and O–H groups in total. The molecule has 22 heavy (non-hydrogen) atoms. The van der Waals surface area contributed by atoms with Crippen LogP contribution in [0.25, 0.3) is 11.6 Å². The number of halogens is 2. The fourth-order valence-electron chi connectivity index (χ4n) is 2.27. The van der Waals surface area contributed by atoms with Crippen LogP contribution in [-0.2, 0) is 4.79 Å². The third kappa shape index (κ3) is 2.51. The summed E-state index contributed by atoms with van der Waals surface area (Å²) >= 11 is 7.95. The lowest BCUT2D eigenvalue weighted by Gasteiger charge is -2.08. The fourth-order valence-corrected chi connectivity index (χ4v) is 4.29. The van der Waals surface area contributed by atoms with E-state index in [0.29, 0.717) is 10.5 Å². The van der Waals surface area contributed by atoms with Crippen molar-refractivity contribution in [3.05, 3.63) is 53.3 Å². The molecule has 0 saturated heterocycles. The molecule has 5 nitrogen and oxygen atoms in total. The molecule has 0 saturated carbocycles. The summed E-state index contributed by atoms with van der Waals surface area (Å²) in [6.07, 6.45) is 1.69. The van der Waals surface area contributed by atoms with Crippen LogP contribution >= 0.6 is 43.2 Å². The molecule has 1 aromatic heterocycles. The number of carbonyl (C=O) groups excluding carboxylic acids is 1. The number of rotatable bonds is 2. The molecule has 1 aromatic carbocycles. The van der Waals surface area contributed by atoms with Crippen LogP contribution in [0.5, 0.6) is 0 Å². The normalized spacial score (nSPS) is 15.0. The molecule has 112 valence electrons. The summed E-state index contributed by atoms with van der Waals surface area (Å²) < 4.78 is 1.67. The van der Waals surface area contributed by atoms with Crippen molar-refractivity contribution in [2.45, 2.75) is 6.92 Å². The summed E-state index contributed by atoms with van der Waals surface area (Å²) in [6.45, 7) is 1.92. The van der Waals surface area contributed by atoms with Crippen LogP contribution in [0.1, 0.15) is 16.0 Å². The maximum absolute atomic E-state index is 12.2. The van der Waals surface area contributed by atoms with Gasteiger partial charge in [0.25, 0.3) is 5.91 Å². The predicted octanol–water partition coefficient (Wildman–Crippen LogP) is 4.98. The van der Waals surface area contributed by atoms with Crippen molar-refractivity contribution in [1.82, 2.24) is 0 Å². The summed E-state index contributed by atoms with van der Waals surface area (Å²) in [7, 11) is 0. The molecule has 0 radical (unpaired) electrons. The number of benzene rings is 1. The lowest BCUT2D eigenvalue weighted by Crippen LogP contribution is -2.03. The zero-order chi connectivity index (χ0) is 16.0. The minimum atomic E-state index is -0.437. The Balaban J connectivity index is 2.15. The van der Waals surface area contributed by atoms with E-state index in [1.54, 1.807) is 12.1 Å². The molecule has 3 rings (SSSR count). The summed E-state index contributed by atoms with van der Waals surface area (Å²) in [5.41, 5.74) is 2.98. The van der Waals surface area contributed by atoms with Gasteiger partial charge in [0.05, 0.1) is 16.2 Å². The SMILES string of the molecule is Cc1c(Br)cc(Br)c2c1C(=Cc1ccc([N+](=O)[O-])s1)C(=O)N2. The Morgan fingerprint density at radius 1 is 1.32 bits per heavy atom. The van der Waals surface area contributed by atoms with Crippen molar-refractivity contribution in [2.24, 2.45) is 0 Å². The van der Waals surface area contributed by atoms with Crippen molar-refractivity contribution in [3.8, 4) is 0 Å². The molecule has 0 spiro atoms. The second-order valence-electron chi connectivity index (χ2n) is 4.66. The van der Waals surface area contributed by atoms with Gasteiger partial charge >= 0.3 is 5.00 Å². The van der Waals surface area contributed by atoms with Gasteiger partial charge in [-0.1, -0.05) is 27.3 Å². The molecule has 0 atom stereocenters. The van der Waals surface area contributed by atoms with Crippen LogP contribution in [0.3, 0.4) is 0 Å². The van der Waals surface area contributed by atoms with Crippen LogP contribution < -0.4 is 5.32 Å². The highest BCUT2D eigenvalue weighted by Gasteiger charge is 2.29. The minimum Gasteiger partial charge on any atom is -0.320 e. The van der Waals surface area contributed by atoms with Gasteiger partial charge in [0.15, 0.2) is 0 Å². The molecule has 1 amide bonds. The smallest absolute Gasteiger partial charge is 0.320 e. The Bertz CT molecular complexity index is 858. The number of amides is 1. The number of carbonyl (C=O) groups is 1. The number of nitro groups is 1. The summed E-state index contributed by atoms with van der Waals surface area (Å²) in [4.78, 5) is 23.2. The largest absolute Gasteiger partial charge is 0.324 e. The van der Waals surface area contributed by atoms with Gasteiger partial charge in [0, 0.05) is 25.5 Å². The van der Waals surface area contributed by atoms with E-state index in [2.05, 4.69) is 37.2 Å². The Morgan fingerprint density at radius 3 is 2.68 bits per heavy atom. The highest BCUT2D eigenvalue weighted by atomic mass is 79.9. The lowest BCUT2D eigenvalue weighted by molar-refractivity contribution is -0.380. The van der Waals surface area contributed by atoms with Crippen LogP contribution in [0.2, 0.25) is 0 Å². The number of anilines is 1. The Hall–Kier alpha value is -1.51. The summed E-state index contributed by atoms with van der Waals surface area (Å²) in [6, 6.07) is 4.96. The van der Waals surface area contributed by atoms with Gasteiger partial charge in [-0.3, -0.25) is 14.9 Å². The first kappa shape index (κ1) is 15.4. The third-order valence-electron chi connectivity index (χ3n) is 3.31. The van der Waals surface area contributed by atoms with Gasteiger partial charge in [-0.2, -0.15) is 0 Å². The van der Waals surface area contributed by atoms with E-state index in [-0.39, 0.29) is 10.9 Å². The first-order chi connectivity index (χ1) is 10.4. The quantitative estimate of drug-likeness (QED) is 0.404. The van der Waals surface area contributed by atoms with E-state index in [4.69, 9.17) is 0 Å². The van der Waals surface area contributed by atoms with Crippen molar-refractivity contribution in [2.75, 3.05) is 5.32 Å². The molecule has 0 fully saturated rings. The number of hydrogen-bond acceptors (Lipinski definition) is 4. The lowest BCUT2D eigenvalue weighted by atomic mass is 10.0. The number of hydrogen-bond donors (Lipinski definition) is 1. The molecular weight excluding hydrogens is 436 g/mol. The Kier molecular flexibility index (Phi) is 3.92. The highest BCUT2D eigenvalue weighted by Crippen LogP contribution is 2.43. The van der Waals surface area contributed by atoms with Crippen molar-refractivity contribution < 1.29 is 9.72 Å². The molecule has 1 aliphatic heterocycles. The molecule has 0 aliphatic carbocycles. The van der Waals surface area contributed by atoms with E-state index in [0.717, 1.165) is 37.1 Å². The first-order valence-electron chi connectivity index (χ1n) is 6.14. The van der Waals surface area contributed by atoms with Gasteiger partial charge in [0.2, 0.25) is 0 Å². The second-order valence-corrected chi connectivity index (χ2v) is 7.46. The predicted molar refractivity (Wildman–Crippen MR) is 94.1 cm³/mol. The van der Waals surface area contributed by atoms with Gasteiger partial charge in [-0.05, 0) is 46.6 Å². The van der Waals surface area contributed by atoms with E-state index in [1.807, 2.05) is 13.0 Å². The number of nitrogens with zero attached hydrogens (tertiary/aromatic N) is 1. The zero-order valence-corrected chi connectivity index (χ0v) is 15.1. The molecular formula is C14H8Br2N2O3S. The van der Waals surface area contributed by atoms with Crippen LogP contribution in [0.4, 0.5) is 10.7 Å². The molecule has 2 heterocycles. The van der Waals surface area contributed by atoms with Gasteiger partial charge in [-0.15, -0.1) is 0 Å². The second kappa shape index (κ2) is 5.60. The maximum Gasteiger partial charge on any atom is 0.324 e. The molecule has 2 aromatic rings. The van der Waals surface area contributed by atoms with Gasteiger partial charge < -0.3 is 5.32 Å². The van der Waals surface area contributed by atoms with E-state index >= 15 is 0 Å². The number of nitrogens with one attached hydrogen (secondary N) is 1. The highest BCUT2D eigenvalue weighted by molar-refractivity contribution is 9.11. The first-order valence-corrected chi connectivity index (χ1v) is 8.55. The third-order valence-corrected chi connectivity index (χ3v) is 5.74. The summed E-state index contributed by atoms with van der Waals surface area (Å²) in [5.74, 6) is -0.215. The Morgan fingerprint density at radius 2 is 2.05 bits per heavy atom. The molecule has 0 bridgehead atoms. The Labute approximate surface area is 146 Å². The maximum atomic E-state index is 12.2. The minimum absolute atomic E-state index is 0.0534. The fraction of sp³-hybridized carbons (Fsp3) is 0.0714. The molecule has 0 unspecified atom stereocenters. The van der Waals surface area contributed by atoms with Crippen molar-refractivity contribution in [1.29, 1.82) is 0 Å². The monoisotopic (exact) mass is 442 g/mol. The number of thiophene rings is 1. The van der Waals surface area contributed by atoms with Crippen molar-refractivity contribution >= 4 is 71.4 Å². The average Bonchev–Trinajstić information content (AvgIpc) is 3.03. The van der Waals surface area contributed by atoms with Crippen LogP contribution in [-0.4, -0.2) is 10.8 Å². The topological polar surface area (TPSA) is 72.2 Å². The van der Waals surface area contributed by atoms with Crippen LogP contribution in [0, 0.1) is 17.0 Å². The van der Waals surface area contributed by atoms with E-state index in [9.17, 15) is 14.9 Å². The summed E-state index contributed by atoms with van der Waals surface area (Å²) in [5, 5.41) is 13.6. The standard InChI is InChI=1S/C14H8Br2N2O3S/c1-6-9(15)5-10(16)13-12(6)8(14(19)17-13)4-7-2-3-11(22-7)18(20)21/h2-5H,1H3,(H,17,19). The van der Waals surface area contributed by atoms with E-state index < -0.39 is 4.92 Å². The van der Waals surface area contributed by atoms with E-state index in [1.165, 1.54) is 6.07 Å². The average molecular weight is 444 g/mol. The van der Waals surface area contributed by atoms with Gasteiger partial charge in [0.1, 0.15) is 0 Å². The molecule has 1 aliphatic rings. The van der Waals surface area contributed by atoms with Crippen LogP contribution in [0.15, 0.2) is 27.1 Å². The zero-order valence-electron chi connectivity index (χ0n) is 11.1. The number of fused-ring (bicyclic) bond motifs is 1. The molecule has 8 heteroatoms. The van der Waals surface area contributed by atoms with Gasteiger partial charge in [-0.25, -0.2) is 0 Å².